The van der Waals surface area contributed by atoms with E-state index in [1.54, 1.807) is 0 Å². The fraction of sp³-hybridized carbons (Fsp3) is 0.941. The van der Waals surface area contributed by atoms with E-state index in [9.17, 15) is 4.79 Å². The molecule has 0 aliphatic carbocycles. The zero-order valence-corrected chi connectivity index (χ0v) is 14.7. The smallest absolute Gasteiger partial charge is 0.222 e. The van der Waals surface area contributed by atoms with Crippen LogP contribution in [0.4, 0.5) is 0 Å². The average molecular weight is 298 g/mol. The zero-order valence-electron chi connectivity index (χ0n) is 14.7. The molecule has 2 unspecified atom stereocenters. The summed E-state index contributed by atoms with van der Waals surface area (Å²) in [5.74, 6) is 1.56. The lowest BCUT2D eigenvalue weighted by molar-refractivity contribution is -0.123. The first-order valence-electron chi connectivity index (χ1n) is 8.34. The second kappa shape index (κ2) is 8.14. The summed E-state index contributed by atoms with van der Waals surface area (Å²) in [5.41, 5.74) is 0.0114. The lowest BCUT2D eigenvalue weighted by atomic mass is 9.88. The summed E-state index contributed by atoms with van der Waals surface area (Å²) in [4.78, 5) is 14.4. The van der Waals surface area contributed by atoms with E-state index in [1.165, 1.54) is 6.42 Å². The van der Waals surface area contributed by atoms with Crippen molar-refractivity contribution in [3.05, 3.63) is 0 Å². The van der Waals surface area contributed by atoms with Gasteiger partial charge in [-0.25, -0.2) is 0 Å². The lowest BCUT2D eigenvalue weighted by Gasteiger charge is -2.45. The average Bonchev–Trinajstić information content (AvgIpc) is 2.35. The van der Waals surface area contributed by atoms with Gasteiger partial charge in [0.2, 0.25) is 5.91 Å². The van der Waals surface area contributed by atoms with Gasteiger partial charge in [-0.15, -0.1) is 0 Å². The van der Waals surface area contributed by atoms with Gasteiger partial charge in [0.05, 0.1) is 12.7 Å². The fourth-order valence-corrected chi connectivity index (χ4v) is 3.06. The number of hydrogen-bond acceptors (Lipinski definition) is 3. The monoisotopic (exact) mass is 298 g/mol. The highest BCUT2D eigenvalue weighted by molar-refractivity contribution is 5.76. The van der Waals surface area contributed by atoms with Crippen LogP contribution in [0.2, 0.25) is 0 Å². The minimum Gasteiger partial charge on any atom is -0.378 e. The SMILES string of the molecule is CC1CC(C)CN(C(C)(C)CNC(=O)CCOC(C)C)C1. The predicted octanol–water partition coefficient (Wildman–Crippen LogP) is 2.67. The van der Waals surface area contributed by atoms with Crippen molar-refractivity contribution >= 4 is 5.91 Å². The van der Waals surface area contributed by atoms with Crippen molar-refractivity contribution in [2.75, 3.05) is 26.2 Å². The molecule has 124 valence electrons. The van der Waals surface area contributed by atoms with Gasteiger partial charge in [0.15, 0.2) is 0 Å². The van der Waals surface area contributed by atoms with Crippen molar-refractivity contribution in [3.63, 3.8) is 0 Å². The summed E-state index contributed by atoms with van der Waals surface area (Å²) < 4.78 is 5.42. The first-order chi connectivity index (χ1) is 9.70. The van der Waals surface area contributed by atoms with Gasteiger partial charge in [-0.3, -0.25) is 9.69 Å². The molecular weight excluding hydrogens is 264 g/mol. The summed E-state index contributed by atoms with van der Waals surface area (Å²) in [6, 6.07) is 0. The van der Waals surface area contributed by atoms with E-state index in [0.29, 0.717) is 19.6 Å². The molecule has 0 aromatic heterocycles. The first kappa shape index (κ1) is 18.4. The van der Waals surface area contributed by atoms with Crippen LogP contribution in [0.15, 0.2) is 0 Å². The van der Waals surface area contributed by atoms with Gasteiger partial charge in [-0.1, -0.05) is 13.8 Å². The number of carbonyl (C=O) groups excluding carboxylic acids is 1. The van der Waals surface area contributed by atoms with Crippen molar-refractivity contribution in [2.45, 2.75) is 66.0 Å². The van der Waals surface area contributed by atoms with E-state index in [-0.39, 0.29) is 17.6 Å². The molecule has 1 rings (SSSR count). The highest BCUT2D eigenvalue weighted by Gasteiger charge is 2.32. The third kappa shape index (κ3) is 6.79. The van der Waals surface area contributed by atoms with E-state index in [2.05, 4.69) is 37.9 Å². The van der Waals surface area contributed by atoms with Crippen molar-refractivity contribution in [2.24, 2.45) is 11.8 Å². The Labute approximate surface area is 130 Å². The number of rotatable bonds is 7. The normalized spacial score (nSPS) is 24.3. The van der Waals surface area contributed by atoms with Crippen LogP contribution in [0.25, 0.3) is 0 Å². The summed E-state index contributed by atoms with van der Waals surface area (Å²) in [6.07, 6.45) is 1.94. The molecule has 1 N–H and O–H groups in total. The number of carbonyl (C=O) groups is 1. The lowest BCUT2D eigenvalue weighted by Crippen LogP contribution is -2.56. The Morgan fingerprint density at radius 3 is 2.38 bits per heavy atom. The molecule has 4 heteroatoms. The van der Waals surface area contributed by atoms with Gasteiger partial charge in [-0.05, 0) is 46.0 Å². The molecule has 21 heavy (non-hydrogen) atoms. The van der Waals surface area contributed by atoms with Crippen LogP contribution in [-0.4, -0.2) is 48.7 Å². The quantitative estimate of drug-likeness (QED) is 0.785. The molecule has 2 atom stereocenters. The van der Waals surface area contributed by atoms with Crippen LogP contribution in [0.5, 0.6) is 0 Å². The van der Waals surface area contributed by atoms with Gasteiger partial charge in [0.25, 0.3) is 0 Å². The van der Waals surface area contributed by atoms with Gasteiger partial charge < -0.3 is 10.1 Å². The number of hydrogen-bond donors (Lipinski definition) is 1. The van der Waals surface area contributed by atoms with Crippen molar-refractivity contribution in [3.8, 4) is 0 Å². The minimum atomic E-state index is 0.0114. The highest BCUT2D eigenvalue weighted by atomic mass is 16.5. The first-order valence-corrected chi connectivity index (χ1v) is 8.34. The third-order valence-electron chi connectivity index (χ3n) is 4.22. The van der Waals surface area contributed by atoms with E-state index in [0.717, 1.165) is 24.9 Å². The van der Waals surface area contributed by atoms with E-state index in [1.807, 2.05) is 13.8 Å². The van der Waals surface area contributed by atoms with Gasteiger partial charge in [-0.2, -0.15) is 0 Å². The number of amides is 1. The van der Waals surface area contributed by atoms with E-state index in [4.69, 9.17) is 4.74 Å². The number of nitrogens with one attached hydrogen (secondary N) is 1. The Hall–Kier alpha value is -0.610. The molecule has 1 amide bonds. The summed E-state index contributed by atoms with van der Waals surface area (Å²) in [7, 11) is 0. The van der Waals surface area contributed by atoms with Crippen molar-refractivity contribution in [1.82, 2.24) is 10.2 Å². The molecular formula is C17H34N2O2. The maximum atomic E-state index is 11.9. The Kier molecular flexibility index (Phi) is 7.14. The van der Waals surface area contributed by atoms with Crippen LogP contribution < -0.4 is 5.32 Å². The summed E-state index contributed by atoms with van der Waals surface area (Å²) in [6.45, 7) is 16.5. The Balaban J connectivity index is 2.36. The van der Waals surface area contributed by atoms with Crippen LogP contribution in [0.3, 0.4) is 0 Å². The number of nitrogens with zero attached hydrogens (tertiary/aromatic N) is 1. The molecule has 1 heterocycles. The molecule has 0 bridgehead atoms. The topological polar surface area (TPSA) is 41.6 Å². The Morgan fingerprint density at radius 2 is 1.86 bits per heavy atom. The molecule has 0 aromatic carbocycles. The van der Waals surface area contributed by atoms with Crippen LogP contribution >= 0.6 is 0 Å². The Morgan fingerprint density at radius 1 is 1.29 bits per heavy atom. The standard InChI is InChI=1S/C17H34N2O2/c1-13(2)21-8-7-16(20)18-12-17(5,6)19-10-14(3)9-15(4)11-19/h13-15H,7-12H2,1-6H3,(H,18,20). The summed E-state index contributed by atoms with van der Waals surface area (Å²) in [5, 5.41) is 3.06. The Bertz CT molecular complexity index is 319. The number of likely N-dealkylation sites (tertiary alicyclic amines) is 1. The van der Waals surface area contributed by atoms with Gasteiger partial charge in [0, 0.05) is 31.6 Å². The van der Waals surface area contributed by atoms with Crippen molar-refractivity contribution < 1.29 is 9.53 Å². The maximum Gasteiger partial charge on any atom is 0.222 e. The zero-order chi connectivity index (χ0) is 16.0. The molecule has 1 aliphatic heterocycles. The fourth-order valence-electron chi connectivity index (χ4n) is 3.06. The van der Waals surface area contributed by atoms with E-state index >= 15 is 0 Å². The molecule has 0 radical (unpaired) electrons. The third-order valence-corrected chi connectivity index (χ3v) is 4.22. The van der Waals surface area contributed by atoms with Crippen LogP contribution in [0.1, 0.15) is 54.4 Å². The van der Waals surface area contributed by atoms with Gasteiger partial charge >= 0.3 is 0 Å². The second-order valence-electron chi connectivity index (χ2n) is 7.61. The number of ether oxygens (including phenoxy) is 1. The highest BCUT2D eigenvalue weighted by Crippen LogP contribution is 2.26. The maximum absolute atomic E-state index is 11.9. The van der Waals surface area contributed by atoms with Crippen LogP contribution in [-0.2, 0) is 9.53 Å². The minimum absolute atomic E-state index is 0.0114. The number of piperidine rings is 1. The summed E-state index contributed by atoms with van der Waals surface area (Å²) >= 11 is 0. The largest absolute Gasteiger partial charge is 0.378 e. The van der Waals surface area contributed by atoms with Gasteiger partial charge in [0.1, 0.15) is 0 Å². The predicted molar refractivity (Wildman–Crippen MR) is 87.3 cm³/mol. The molecule has 1 aliphatic rings. The second-order valence-corrected chi connectivity index (χ2v) is 7.61. The molecule has 1 saturated heterocycles. The van der Waals surface area contributed by atoms with E-state index < -0.39 is 0 Å². The molecule has 1 fully saturated rings. The molecule has 0 aromatic rings. The molecule has 0 saturated carbocycles. The molecule has 0 spiro atoms. The van der Waals surface area contributed by atoms with Crippen molar-refractivity contribution in [1.29, 1.82) is 0 Å². The van der Waals surface area contributed by atoms with Crippen LogP contribution in [0, 0.1) is 11.8 Å². The molecule has 4 nitrogen and oxygen atoms in total.